The van der Waals surface area contributed by atoms with Crippen molar-refractivity contribution in [2.45, 2.75) is 13.3 Å². The molecule has 7 heteroatoms. The molecule has 0 aliphatic carbocycles. The molecule has 1 aromatic heterocycles. The third-order valence-electron chi connectivity index (χ3n) is 3.66. The van der Waals surface area contributed by atoms with E-state index in [1.807, 2.05) is 31.2 Å². The third-order valence-corrected chi connectivity index (χ3v) is 3.66. The van der Waals surface area contributed by atoms with Gasteiger partial charge in [-0.05, 0) is 18.1 Å². The van der Waals surface area contributed by atoms with Gasteiger partial charge in [0, 0.05) is 13.1 Å². The predicted molar refractivity (Wildman–Crippen MR) is 81.9 cm³/mol. The van der Waals surface area contributed by atoms with Crippen molar-refractivity contribution in [2.24, 2.45) is 7.05 Å². The zero-order valence-corrected chi connectivity index (χ0v) is 12.6. The van der Waals surface area contributed by atoms with Gasteiger partial charge in [0.05, 0.1) is 6.42 Å². The van der Waals surface area contributed by atoms with Crippen molar-refractivity contribution < 1.29 is 13.6 Å². The van der Waals surface area contributed by atoms with Crippen molar-refractivity contribution in [3.63, 3.8) is 0 Å². The quantitative estimate of drug-likeness (QED) is 0.808. The van der Waals surface area contributed by atoms with Crippen LogP contribution in [0.5, 0.6) is 0 Å². The van der Waals surface area contributed by atoms with Crippen molar-refractivity contribution in [1.29, 1.82) is 0 Å². The maximum absolute atomic E-state index is 14.0. The minimum Gasteiger partial charge on any atom is -0.321 e. The number of fused-ring (bicyclic) bond motifs is 1. The van der Waals surface area contributed by atoms with Gasteiger partial charge in [-0.3, -0.25) is 4.79 Å². The number of hydrogen-bond donors (Lipinski definition) is 1. The van der Waals surface area contributed by atoms with Gasteiger partial charge in [-0.1, -0.05) is 29.5 Å². The number of rotatable bonds is 3. The molecule has 1 N–H and O–H groups in total. The van der Waals surface area contributed by atoms with Gasteiger partial charge in [0.2, 0.25) is 5.91 Å². The molecule has 0 unspecified atom stereocenters. The fourth-order valence-electron chi connectivity index (χ4n) is 2.44. The Morgan fingerprint density at radius 3 is 2.74 bits per heavy atom. The Kier molecular flexibility index (Phi) is 3.77. The first-order chi connectivity index (χ1) is 11.0. The van der Waals surface area contributed by atoms with Gasteiger partial charge in [-0.25, -0.2) is 13.5 Å². The molecule has 0 radical (unpaired) electrons. The molecule has 0 saturated carbocycles. The van der Waals surface area contributed by atoms with Crippen molar-refractivity contribution in [1.82, 2.24) is 15.0 Å². The highest BCUT2D eigenvalue weighted by Gasteiger charge is 2.19. The molecule has 3 aromatic rings. The van der Waals surface area contributed by atoms with E-state index in [0.717, 1.165) is 17.2 Å². The second-order valence-electron chi connectivity index (χ2n) is 5.28. The monoisotopic (exact) mass is 316 g/mol. The summed E-state index contributed by atoms with van der Waals surface area (Å²) in [5, 5.41) is 9.88. The highest BCUT2D eigenvalue weighted by molar-refractivity contribution is 6.00. The summed E-state index contributed by atoms with van der Waals surface area (Å²) in [6, 6.07) is 8.14. The van der Waals surface area contributed by atoms with E-state index in [-0.39, 0.29) is 23.1 Å². The van der Waals surface area contributed by atoms with E-state index in [2.05, 4.69) is 15.6 Å². The van der Waals surface area contributed by atoms with E-state index in [1.54, 1.807) is 0 Å². The average Bonchev–Trinajstić information content (AvgIpc) is 2.88. The summed E-state index contributed by atoms with van der Waals surface area (Å²) in [6.07, 6.45) is 0.0885. The molecular weight excluding hydrogens is 302 g/mol. The summed E-state index contributed by atoms with van der Waals surface area (Å²) in [4.78, 5) is 12.2. The molecule has 1 heterocycles. The summed E-state index contributed by atoms with van der Waals surface area (Å²) >= 11 is 0. The van der Waals surface area contributed by atoms with Crippen LogP contribution in [0.1, 0.15) is 11.1 Å². The fourth-order valence-corrected chi connectivity index (χ4v) is 2.44. The highest BCUT2D eigenvalue weighted by Crippen LogP contribution is 2.27. The number of aryl methyl sites for hydroxylation is 2. The zero-order valence-electron chi connectivity index (χ0n) is 12.6. The van der Waals surface area contributed by atoms with E-state index < -0.39 is 17.5 Å². The topological polar surface area (TPSA) is 59.8 Å². The molecule has 23 heavy (non-hydrogen) atoms. The van der Waals surface area contributed by atoms with Crippen molar-refractivity contribution in [3.8, 4) is 0 Å². The standard InChI is InChI=1S/C16H14F2N4O/c1-9-5-3-4-6-10(9)7-13(23)19-14-11(17)8-12(18)16-15(14)20-21-22(16)2/h3-6,8H,7H2,1-2H3,(H,19,23). The first-order valence-corrected chi connectivity index (χ1v) is 6.99. The minimum absolute atomic E-state index is 0.0110. The van der Waals surface area contributed by atoms with Gasteiger partial charge in [-0.2, -0.15) is 0 Å². The molecular formula is C16H14F2N4O. The number of halogens is 2. The number of hydrogen-bond acceptors (Lipinski definition) is 3. The van der Waals surface area contributed by atoms with E-state index >= 15 is 0 Å². The number of nitrogens with zero attached hydrogens (tertiary/aromatic N) is 3. The molecule has 0 bridgehead atoms. The van der Waals surface area contributed by atoms with Crippen LogP contribution in [0.15, 0.2) is 30.3 Å². The van der Waals surface area contributed by atoms with Crippen LogP contribution in [0, 0.1) is 18.6 Å². The predicted octanol–water partition coefficient (Wildman–Crippen LogP) is 2.74. The second kappa shape index (κ2) is 5.75. The number of carbonyl (C=O) groups is 1. The Bertz CT molecular complexity index is 904. The maximum atomic E-state index is 14.0. The lowest BCUT2D eigenvalue weighted by Gasteiger charge is -2.09. The van der Waals surface area contributed by atoms with Crippen LogP contribution in [-0.4, -0.2) is 20.9 Å². The lowest BCUT2D eigenvalue weighted by atomic mass is 10.1. The Hall–Kier alpha value is -2.83. The second-order valence-corrected chi connectivity index (χ2v) is 5.28. The molecule has 0 aliphatic rings. The van der Waals surface area contributed by atoms with Gasteiger partial charge in [-0.15, -0.1) is 5.10 Å². The van der Waals surface area contributed by atoms with Gasteiger partial charge in [0.15, 0.2) is 11.6 Å². The Labute approximate surface area is 130 Å². The summed E-state index contributed by atoms with van der Waals surface area (Å²) < 4.78 is 29.0. The van der Waals surface area contributed by atoms with E-state index in [0.29, 0.717) is 0 Å². The third kappa shape index (κ3) is 2.77. The molecule has 0 saturated heterocycles. The minimum atomic E-state index is -0.881. The van der Waals surface area contributed by atoms with Gasteiger partial charge in [0.1, 0.15) is 16.7 Å². The number of carbonyl (C=O) groups excluding carboxylic acids is 1. The number of benzene rings is 2. The summed E-state index contributed by atoms with van der Waals surface area (Å²) in [6.45, 7) is 1.89. The molecule has 0 spiro atoms. The Morgan fingerprint density at radius 1 is 1.26 bits per heavy atom. The smallest absolute Gasteiger partial charge is 0.228 e. The first-order valence-electron chi connectivity index (χ1n) is 6.99. The van der Waals surface area contributed by atoms with Crippen LogP contribution in [0.25, 0.3) is 11.0 Å². The average molecular weight is 316 g/mol. The summed E-state index contributed by atoms with van der Waals surface area (Å²) in [5.74, 6) is -2.06. The fraction of sp³-hybridized carbons (Fsp3) is 0.188. The molecule has 2 aromatic carbocycles. The maximum Gasteiger partial charge on any atom is 0.228 e. The SMILES string of the molecule is Cc1ccccc1CC(=O)Nc1c(F)cc(F)c2c1nnn2C. The van der Waals surface area contributed by atoms with Gasteiger partial charge < -0.3 is 5.32 Å². The molecule has 3 rings (SSSR count). The first kappa shape index (κ1) is 15.1. The highest BCUT2D eigenvalue weighted by atomic mass is 19.1. The van der Waals surface area contributed by atoms with E-state index in [9.17, 15) is 13.6 Å². The van der Waals surface area contributed by atoms with Crippen LogP contribution >= 0.6 is 0 Å². The van der Waals surface area contributed by atoms with Crippen LogP contribution in [-0.2, 0) is 18.3 Å². The molecule has 0 atom stereocenters. The molecule has 118 valence electrons. The van der Waals surface area contributed by atoms with E-state index in [4.69, 9.17) is 0 Å². The molecule has 5 nitrogen and oxygen atoms in total. The number of anilines is 1. The summed E-state index contributed by atoms with van der Waals surface area (Å²) in [7, 11) is 1.50. The van der Waals surface area contributed by atoms with Gasteiger partial charge >= 0.3 is 0 Å². The summed E-state index contributed by atoms with van der Waals surface area (Å²) in [5.41, 5.74) is 1.67. The molecule has 0 fully saturated rings. The Morgan fingerprint density at radius 2 is 2.00 bits per heavy atom. The number of aromatic nitrogens is 3. The zero-order chi connectivity index (χ0) is 16.6. The lowest BCUT2D eigenvalue weighted by molar-refractivity contribution is -0.115. The van der Waals surface area contributed by atoms with Crippen LogP contribution in [0.3, 0.4) is 0 Å². The lowest BCUT2D eigenvalue weighted by Crippen LogP contribution is -2.16. The van der Waals surface area contributed by atoms with E-state index in [1.165, 1.54) is 11.7 Å². The van der Waals surface area contributed by atoms with Gasteiger partial charge in [0.25, 0.3) is 0 Å². The van der Waals surface area contributed by atoms with Crippen molar-refractivity contribution >= 4 is 22.6 Å². The molecule has 0 aliphatic heterocycles. The largest absolute Gasteiger partial charge is 0.321 e. The van der Waals surface area contributed by atoms with Crippen LogP contribution in [0.4, 0.5) is 14.5 Å². The van der Waals surface area contributed by atoms with Crippen LogP contribution < -0.4 is 5.32 Å². The number of amides is 1. The van der Waals surface area contributed by atoms with Crippen molar-refractivity contribution in [2.75, 3.05) is 5.32 Å². The molecule has 1 amide bonds. The number of nitrogens with one attached hydrogen (secondary N) is 1. The van der Waals surface area contributed by atoms with Crippen molar-refractivity contribution in [3.05, 3.63) is 53.1 Å². The van der Waals surface area contributed by atoms with Crippen LogP contribution in [0.2, 0.25) is 0 Å². The normalized spacial score (nSPS) is 11.0. The Balaban J connectivity index is 1.93.